The highest BCUT2D eigenvalue weighted by Crippen LogP contribution is 2.25. The Morgan fingerprint density at radius 3 is 2.65 bits per heavy atom. The van der Waals surface area contributed by atoms with E-state index in [9.17, 15) is 9.18 Å². The molecule has 1 fully saturated rings. The van der Waals surface area contributed by atoms with Crippen molar-refractivity contribution >= 4 is 29.3 Å². The smallest absolute Gasteiger partial charge is 0.274 e. The molecular formula is C14H9FN2O2S. The molecule has 3 rings (SSSR count). The highest BCUT2D eigenvalue weighted by atomic mass is 32.1. The van der Waals surface area contributed by atoms with Crippen LogP contribution in [0.4, 0.5) is 4.39 Å². The fourth-order valence-corrected chi connectivity index (χ4v) is 2.06. The summed E-state index contributed by atoms with van der Waals surface area (Å²) in [6.45, 7) is 0. The molecule has 0 unspecified atom stereocenters. The van der Waals surface area contributed by atoms with Gasteiger partial charge in [0.2, 0.25) is 0 Å². The maximum Gasteiger partial charge on any atom is 0.274 e. The van der Waals surface area contributed by atoms with Crippen molar-refractivity contribution in [1.82, 2.24) is 10.6 Å². The van der Waals surface area contributed by atoms with Gasteiger partial charge in [-0.25, -0.2) is 4.39 Å². The van der Waals surface area contributed by atoms with E-state index in [2.05, 4.69) is 10.6 Å². The number of furan rings is 1. The lowest BCUT2D eigenvalue weighted by molar-refractivity contribution is -0.115. The first kappa shape index (κ1) is 12.6. The van der Waals surface area contributed by atoms with E-state index >= 15 is 0 Å². The van der Waals surface area contributed by atoms with Gasteiger partial charge in [-0.2, -0.15) is 0 Å². The second-order valence-corrected chi connectivity index (χ2v) is 4.56. The van der Waals surface area contributed by atoms with Crippen LogP contribution >= 0.6 is 12.2 Å². The van der Waals surface area contributed by atoms with Crippen LogP contribution in [0.15, 0.2) is 46.5 Å². The molecule has 0 radical (unpaired) electrons. The van der Waals surface area contributed by atoms with Crippen LogP contribution in [-0.4, -0.2) is 11.0 Å². The number of hydrogen-bond acceptors (Lipinski definition) is 3. The topological polar surface area (TPSA) is 54.3 Å². The van der Waals surface area contributed by atoms with Crippen LogP contribution in [-0.2, 0) is 4.79 Å². The van der Waals surface area contributed by atoms with E-state index in [1.165, 1.54) is 12.1 Å². The highest BCUT2D eigenvalue weighted by Gasteiger charge is 2.20. The third kappa shape index (κ3) is 2.33. The molecule has 20 heavy (non-hydrogen) atoms. The summed E-state index contributed by atoms with van der Waals surface area (Å²) in [6.07, 6.45) is 1.51. The second-order valence-electron chi connectivity index (χ2n) is 4.15. The summed E-state index contributed by atoms with van der Waals surface area (Å²) in [7, 11) is 0. The highest BCUT2D eigenvalue weighted by molar-refractivity contribution is 7.80. The van der Waals surface area contributed by atoms with Gasteiger partial charge in [0.1, 0.15) is 23.0 Å². The van der Waals surface area contributed by atoms with Crippen molar-refractivity contribution < 1.29 is 13.6 Å². The van der Waals surface area contributed by atoms with Crippen LogP contribution in [0.2, 0.25) is 0 Å². The number of hydrogen-bond donors (Lipinski definition) is 2. The lowest BCUT2D eigenvalue weighted by Gasteiger charge is -1.98. The van der Waals surface area contributed by atoms with E-state index in [0.717, 1.165) is 0 Å². The molecule has 1 aliphatic heterocycles. The zero-order valence-corrected chi connectivity index (χ0v) is 11.0. The van der Waals surface area contributed by atoms with Crippen molar-refractivity contribution in [1.29, 1.82) is 0 Å². The van der Waals surface area contributed by atoms with Gasteiger partial charge in [-0.15, -0.1) is 0 Å². The molecule has 1 aliphatic rings. The molecule has 2 heterocycles. The largest absolute Gasteiger partial charge is 0.457 e. The summed E-state index contributed by atoms with van der Waals surface area (Å²) in [5, 5.41) is 5.41. The molecule has 1 amide bonds. The number of amides is 1. The lowest BCUT2D eigenvalue weighted by atomic mass is 10.1. The first-order valence-corrected chi connectivity index (χ1v) is 6.23. The zero-order valence-electron chi connectivity index (χ0n) is 10.1. The SMILES string of the molecule is O=C1NC(=S)N/C1=C\c1ccc(-c2ccccc2F)o1. The van der Waals surface area contributed by atoms with E-state index in [0.29, 0.717) is 22.8 Å². The van der Waals surface area contributed by atoms with Gasteiger partial charge in [-0.05, 0) is 36.5 Å². The van der Waals surface area contributed by atoms with E-state index in [4.69, 9.17) is 16.6 Å². The molecular weight excluding hydrogens is 279 g/mol. The summed E-state index contributed by atoms with van der Waals surface area (Å²) < 4.78 is 19.2. The van der Waals surface area contributed by atoms with Crippen molar-refractivity contribution in [2.24, 2.45) is 0 Å². The lowest BCUT2D eigenvalue weighted by Crippen LogP contribution is -2.21. The number of thiocarbonyl (C=S) groups is 1. The van der Waals surface area contributed by atoms with Gasteiger partial charge < -0.3 is 9.73 Å². The number of carbonyl (C=O) groups is 1. The van der Waals surface area contributed by atoms with Gasteiger partial charge in [0, 0.05) is 6.08 Å². The Labute approximate surface area is 119 Å². The van der Waals surface area contributed by atoms with Crippen LogP contribution in [0.1, 0.15) is 5.76 Å². The fraction of sp³-hybridized carbons (Fsp3) is 0. The molecule has 1 saturated heterocycles. The van der Waals surface area contributed by atoms with Crippen molar-refractivity contribution in [3.63, 3.8) is 0 Å². The zero-order chi connectivity index (χ0) is 14.1. The maximum atomic E-state index is 13.6. The predicted molar refractivity (Wildman–Crippen MR) is 76.0 cm³/mol. The number of carbonyl (C=O) groups excluding carboxylic acids is 1. The van der Waals surface area contributed by atoms with Gasteiger partial charge in [0.05, 0.1) is 5.56 Å². The molecule has 6 heteroatoms. The quantitative estimate of drug-likeness (QED) is 0.658. The molecule has 2 aromatic rings. The molecule has 100 valence electrons. The molecule has 0 saturated carbocycles. The third-order valence-electron chi connectivity index (χ3n) is 2.77. The summed E-state index contributed by atoms with van der Waals surface area (Å²) in [4.78, 5) is 11.5. The van der Waals surface area contributed by atoms with Gasteiger partial charge >= 0.3 is 0 Å². The van der Waals surface area contributed by atoms with Crippen molar-refractivity contribution in [2.45, 2.75) is 0 Å². The van der Waals surface area contributed by atoms with Crippen LogP contribution in [0.3, 0.4) is 0 Å². The van der Waals surface area contributed by atoms with E-state index in [1.807, 2.05) is 0 Å². The minimum Gasteiger partial charge on any atom is -0.457 e. The Balaban J connectivity index is 1.92. The Hall–Kier alpha value is -2.47. The Morgan fingerprint density at radius 2 is 1.95 bits per heavy atom. The standard InChI is InChI=1S/C14H9FN2O2S/c15-10-4-2-1-3-9(10)12-6-5-8(19-12)7-11-13(18)17-14(20)16-11/h1-7H,(H2,16,17,18,20)/b11-7-. The maximum absolute atomic E-state index is 13.6. The predicted octanol–water partition coefficient (Wildman–Crippen LogP) is 2.43. The third-order valence-corrected chi connectivity index (χ3v) is 2.98. The minimum atomic E-state index is -0.362. The van der Waals surface area contributed by atoms with E-state index < -0.39 is 0 Å². The first-order chi connectivity index (χ1) is 9.63. The Morgan fingerprint density at radius 1 is 1.15 bits per heavy atom. The normalized spacial score (nSPS) is 16.4. The number of benzene rings is 1. The number of halogens is 1. The van der Waals surface area contributed by atoms with Crippen LogP contribution < -0.4 is 10.6 Å². The fourth-order valence-electron chi connectivity index (χ4n) is 1.86. The average Bonchev–Trinajstić information content (AvgIpc) is 2.98. The summed E-state index contributed by atoms with van der Waals surface area (Å²) in [5.74, 6) is 0.152. The van der Waals surface area contributed by atoms with Crippen LogP contribution in [0, 0.1) is 5.82 Å². The molecule has 0 spiro atoms. The summed E-state index contributed by atoms with van der Waals surface area (Å²) in [5.41, 5.74) is 0.668. The summed E-state index contributed by atoms with van der Waals surface area (Å²) >= 11 is 4.82. The molecule has 2 N–H and O–H groups in total. The minimum absolute atomic E-state index is 0.252. The van der Waals surface area contributed by atoms with Crippen LogP contribution in [0.5, 0.6) is 0 Å². The monoisotopic (exact) mass is 288 g/mol. The van der Waals surface area contributed by atoms with Gasteiger partial charge in [0.25, 0.3) is 5.91 Å². The van der Waals surface area contributed by atoms with E-state index in [1.54, 1.807) is 30.3 Å². The van der Waals surface area contributed by atoms with Crippen molar-refractivity contribution in [2.75, 3.05) is 0 Å². The molecule has 1 aromatic heterocycles. The molecule has 0 aliphatic carbocycles. The number of nitrogens with one attached hydrogen (secondary N) is 2. The molecule has 0 bridgehead atoms. The molecule has 0 atom stereocenters. The van der Waals surface area contributed by atoms with Crippen LogP contribution in [0.25, 0.3) is 17.4 Å². The first-order valence-electron chi connectivity index (χ1n) is 5.82. The van der Waals surface area contributed by atoms with Gasteiger partial charge in [-0.3, -0.25) is 10.1 Å². The van der Waals surface area contributed by atoms with Gasteiger partial charge in [-0.1, -0.05) is 12.1 Å². The van der Waals surface area contributed by atoms with Gasteiger partial charge in [0.15, 0.2) is 5.11 Å². The van der Waals surface area contributed by atoms with Crippen molar-refractivity contribution in [3.8, 4) is 11.3 Å². The summed E-state index contributed by atoms with van der Waals surface area (Å²) in [6, 6.07) is 9.63. The van der Waals surface area contributed by atoms with E-state index in [-0.39, 0.29) is 16.8 Å². The second kappa shape index (κ2) is 4.90. The molecule has 4 nitrogen and oxygen atoms in total. The Kier molecular flexibility index (Phi) is 3.08. The number of rotatable bonds is 2. The average molecular weight is 288 g/mol. The van der Waals surface area contributed by atoms with Crippen molar-refractivity contribution in [3.05, 3.63) is 53.7 Å². The molecule has 1 aromatic carbocycles. The Bertz CT molecular complexity index is 736.